The SMILES string of the molecule is CCc1ccc(NC(=O)OC(C)(C)C)cc1N. The van der Waals surface area contributed by atoms with E-state index in [1.807, 2.05) is 39.8 Å². The summed E-state index contributed by atoms with van der Waals surface area (Å²) in [6.45, 7) is 7.50. The van der Waals surface area contributed by atoms with E-state index >= 15 is 0 Å². The third-order valence-electron chi connectivity index (χ3n) is 2.17. The number of nitrogen functional groups attached to an aromatic ring is 1. The van der Waals surface area contributed by atoms with Gasteiger partial charge in [0.1, 0.15) is 5.60 Å². The number of carbonyl (C=O) groups excluding carboxylic acids is 1. The molecule has 17 heavy (non-hydrogen) atoms. The first-order chi connectivity index (χ1) is 7.81. The predicted molar refractivity (Wildman–Crippen MR) is 70.1 cm³/mol. The van der Waals surface area contributed by atoms with Crippen LogP contribution >= 0.6 is 0 Å². The minimum atomic E-state index is -0.501. The fourth-order valence-electron chi connectivity index (χ4n) is 1.42. The summed E-state index contributed by atoms with van der Waals surface area (Å²) < 4.78 is 5.15. The molecule has 1 aromatic rings. The summed E-state index contributed by atoms with van der Waals surface area (Å²) in [5, 5.41) is 2.65. The molecule has 0 radical (unpaired) electrons. The Morgan fingerprint density at radius 1 is 1.41 bits per heavy atom. The number of rotatable bonds is 2. The van der Waals surface area contributed by atoms with Crippen LogP contribution in [0.1, 0.15) is 33.3 Å². The molecule has 4 nitrogen and oxygen atoms in total. The van der Waals surface area contributed by atoms with E-state index in [0.717, 1.165) is 12.0 Å². The Balaban J connectivity index is 2.69. The first kappa shape index (κ1) is 13.4. The standard InChI is InChI=1S/C13H20N2O2/c1-5-9-6-7-10(8-11(9)14)15-12(16)17-13(2,3)4/h6-8H,5,14H2,1-4H3,(H,15,16). The van der Waals surface area contributed by atoms with Crippen molar-refractivity contribution >= 4 is 17.5 Å². The van der Waals surface area contributed by atoms with Crippen LogP contribution in [-0.2, 0) is 11.2 Å². The molecule has 0 bridgehead atoms. The van der Waals surface area contributed by atoms with E-state index in [1.165, 1.54) is 0 Å². The van der Waals surface area contributed by atoms with Gasteiger partial charge in [0.2, 0.25) is 0 Å². The van der Waals surface area contributed by atoms with Gasteiger partial charge in [-0.2, -0.15) is 0 Å². The number of hydrogen-bond acceptors (Lipinski definition) is 3. The molecule has 1 aromatic carbocycles. The number of anilines is 2. The summed E-state index contributed by atoms with van der Waals surface area (Å²) in [6, 6.07) is 5.46. The average molecular weight is 236 g/mol. The molecule has 4 heteroatoms. The highest BCUT2D eigenvalue weighted by molar-refractivity contribution is 5.85. The lowest BCUT2D eigenvalue weighted by molar-refractivity contribution is 0.0636. The lowest BCUT2D eigenvalue weighted by Gasteiger charge is -2.19. The maximum Gasteiger partial charge on any atom is 0.412 e. The maximum absolute atomic E-state index is 11.5. The van der Waals surface area contributed by atoms with Crippen LogP contribution in [0.3, 0.4) is 0 Å². The van der Waals surface area contributed by atoms with Crippen LogP contribution in [0.5, 0.6) is 0 Å². The summed E-state index contributed by atoms with van der Waals surface area (Å²) in [6.07, 6.45) is 0.402. The number of nitrogens with two attached hydrogens (primary N) is 1. The maximum atomic E-state index is 11.5. The number of benzene rings is 1. The third kappa shape index (κ3) is 4.34. The van der Waals surface area contributed by atoms with Crippen molar-refractivity contribution in [3.8, 4) is 0 Å². The molecular formula is C13H20N2O2. The summed E-state index contributed by atoms with van der Waals surface area (Å²) in [4.78, 5) is 11.5. The van der Waals surface area contributed by atoms with Gasteiger partial charge in [0.15, 0.2) is 0 Å². The second-order valence-electron chi connectivity index (χ2n) is 4.89. The zero-order valence-corrected chi connectivity index (χ0v) is 10.8. The van der Waals surface area contributed by atoms with Crippen molar-refractivity contribution in [2.75, 3.05) is 11.1 Å². The Morgan fingerprint density at radius 3 is 2.53 bits per heavy atom. The fraction of sp³-hybridized carbons (Fsp3) is 0.462. The van der Waals surface area contributed by atoms with Crippen LogP contribution in [0.4, 0.5) is 16.2 Å². The molecule has 3 N–H and O–H groups in total. The van der Waals surface area contributed by atoms with Crippen LogP contribution in [0, 0.1) is 0 Å². The number of hydrogen-bond donors (Lipinski definition) is 2. The Morgan fingerprint density at radius 2 is 2.06 bits per heavy atom. The molecule has 0 heterocycles. The molecule has 0 fully saturated rings. The van der Waals surface area contributed by atoms with Gasteiger partial charge in [-0.3, -0.25) is 5.32 Å². The van der Waals surface area contributed by atoms with Crippen LogP contribution in [0.25, 0.3) is 0 Å². The van der Waals surface area contributed by atoms with Crippen molar-refractivity contribution < 1.29 is 9.53 Å². The quantitative estimate of drug-likeness (QED) is 0.775. The van der Waals surface area contributed by atoms with Crippen molar-refractivity contribution in [2.24, 2.45) is 0 Å². The monoisotopic (exact) mass is 236 g/mol. The van der Waals surface area contributed by atoms with E-state index < -0.39 is 11.7 Å². The van der Waals surface area contributed by atoms with E-state index in [0.29, 0.717) is 11.4 Å². The third-order valence-corrected chi connectivity index (χ3v) is 2.17. The number of carbonyl (C=O) groups is 1. The molecule has 0 unspecified atom stereocenters. The highest BCUT2D eigenvalue weighted by Crippen LogP contribution is 2.19. The lowest BCUT2D eigenvalue weighted by Crippen LogP contribution is -2.27. The Labute approximate surface area is 102 Å². The number of nitrogens with one attached hydrogen (secondary N) is 1. The van der Waals surface area contributed by atoms with E-state index in [4.69, 9.17) is 10.5 Å². The van der Waals surface area contributed by atoms with Crippen LogP contribution in [0.15, 0.2) is 18.2 Å². The second-order valence-corrected chi connectivity index (χ2v) is 4.89. The first-order valence-electron chi connectivity index (χ1n) is 5.70. The molecule has 1 rings (SSSR count). The van der Waals surface area contributed by atoms with Crippen molar-refractivity contribution in [1.82, 2.24) is 0 Å². The van der Waals surface area contributed by atoms with Gasteiger partial charge in [-0.05, 0) is 44.9 Å². The smallest absolute Gasteiger partial charge is 0.412 e. The number of ether oxygens (including phenoxy) is 1. The van der Waals surface area contributed by atoms with Crippen molar-refractivity contribution in [3.63, 3.8) is 0 Å². The minimum absolute atomic E-state index is 0.471. The number of amides is 1. The van der Waals surface area contributed by atoms with Crippen LogP contribution in [-0.4, -0.2) is 11.7 Å². The number of aryl methyl sites for hydroxylation is 1. The van der Waals surface area contributed by atoms with Gasteiger partial charge in [0, 0.05) is 11.4 Å². The Hall–Kier alpha value is -1.71. The van der Waals surface area contributed by atoms with Gasteiger partial charge >= 0.3 is 6.09 Å². The molecule has 0 saturated carbocycles. The Bertz CT molecular complexity index is 408. The summed E-state index contributed by atoms with van der Waals surface area (Å²) in [5.41, 5.74) is 7.74. The van der Waals surface area contributed by atoms with E-state index in [2.05, 4.69) is 5.32 Å². The predicted octanol–water partition coefficient (Wildman–Crippen LogP) is 3.18. The molecule has 0 spiro atoms. The molecule has 0 aliphatic carbocycles. The summed E-state index contributed by atoms with van der Waals surface area (Å²) in [7, 11) is 0. The highest BCUT2D eigenvalue weighted by Gasteiger charge is 2.16. The average Bonchev–Trinajstić information content (AvgIpc) is 2.14. The second kappa shape index (κ2) is 5.08. The summed E-state index contributed by atoms with van der Waals surface area (Å²) in [5.74, 6) is 0. The fourth-order valence-corrected chi connectivity index (χ4v) is 1.42. The molecule has 0 saturated heterocycles. The first-order valence-corrected chi connectivity index (χ1v) is 5.70. The van der Waals surface area contributed by atoms with Crippen molar-refractivity contribution in [1.29, 1.82) is 0 Å². The molecule has 94 valence electrons. The van der Waals surface area contributed by atoms with E-state index in [1.54, 1.807) is 6.07 Å². The molecule has 0 atom stereocenters. The molecule has 0 aliphatic heterocycles. The molecule has 1 amide bonds. The van der Waals surface area contributed by atoms with Gasteiger partial charge in [0.25, 0.3) is 0 Å². The van der Waals surface area contributed by atoms with Crippen LogP contribution in [0.2, 0.25) is 0 Å². The van der Waals surface area contributed by atoms with E-state index in [-0.39, 0.29) is 0 Å². The topological polar surface area (TPSA) is 64.3 Å². The zero-order valence-electron chi connectivity index (χ0n) is 10.8. The Kier molecular flexibility index (Phi) is 3.99. The van der Waals surface area contributed by atoms with Gasteiger partial charge in [0.05, 0.1) is 0 Å². The van der Waals surface area contributed by atoms with Gasteiger partial charge in [-0.15, -0.1) is 0 Å². The largest absolute Gasteiger partial charge is 0.444 e. The van der Waals surface area contributed by atoms with Crippen molar-refractivity contribution in [2.45, 2.75) is 39.7 Å². The molecular weight excluding hydrogens is 216 g/mol. The summed E-state index contributed by atoms with van der Waals surface area (Å²) >= 11 is 0. The zero-order chi connectivity index (χ0) is 13.1. The van der Waals surface area contributed by atoms with Crippen LogP contribution < -0.4 is 11.1 Å². The molecule has 0 aliphatic rings. The van der Waals surface area contributed by atoms with Gasteiger partial charge < -0.3 is 10.5 Å². The minimum Gasteiger partial charge on any atom is -0.444 e. The molecule has 0 aromatic heterocycles. The van der Waals surface area contributed by atoms with Gasteiger partial charge in [-0.1, -0.05) is 13.0 Å². The normalized spacial score (nSPS) is 11.1. The van der Waals surface area contributed by atoms with Crippen molar-refractivity contribution in [3.05, 3.63) is 23.8 Å². The van der Waals surface area contributed by atoms with E-state index in [9.17, 15) is 4.79 Å². The highest BCUT2D eigenvalue weighted by atomic mass is 16.6. The van der Waals surface area contributed by atoms with Gasteiger partial charge in [-0.25, -0.2) is 4.79 Å². The lowest BCUT2D eigenvalue weighted by atomic mass is 10.1.